The standard InChI is InChI=1S/C17H15BrN4O2S/c1-3-22(11(2)23)17-20-13(10-25-17)8-12(9-19)16(24)21-15-7-5-4-6-14(15)18/h4-8,10H,3H2,1-2H3,(H,21,24)/b12-8+. The lowest BCUT2D eigenvalue weighted by molar-refractivity contribution is -0.116. The van der Waals surface area contributed by atoms with Gasteiger partial charge in [-0.25, -0.2) is 4.98 Å². The van der Waals surface area contributed by atoms with Gasteiger partial charge in [-0.15, -0.1) is 11.3 Å². The molecule has 0 fully saturated rings. The fourth-order valence-corrected chi connectivity index (χ4v) is 3.28. The molecule has 128 valence electrons. The number of nitrogens with one attached hydrogen (secondary N) is 1. The molecule has 0 saturated heterocycles. The molecule has 0 spiro atoms. The number of hydrogen-bond donors (Lipinski definition) is 1. The quantitative estimate of drug-likeness (QED) is 0.590. The summed E-state index contributed by atoms with van der Waals surface area (Å²) in [6.45, 7) is 3.82. The molecule has 1 aromatic carbocycles. The van der Waals surface area contributed by atoms with Crippen LogP contribution in [0.15, 0.2) is 39.7 Å². The lowest BCUT2D eigenvalue weighted by Gasteiger charge is -2.14. The minimum absolute atomic E-state index is 0.0709. The lowest BCUT2D eigenvalue weighted by Crippen LogP contribution is -2.27. The number of carbonyl (C=O) groups excluding carboxylic acids is 2. The Morgan fingerprint density at radius 3 is 2.76 bits per heavy atom. The number of rotatable bonds is 5. The summed E-state index contributed by atoms with van der Waals surface area (Å²) < 4.78 is 0.719. The molecule has 0 aliphatic carbocycles. The van der Waals surface area contributed by atoms with Crippen molar-refractivity contribution in [2.24, 2.45) is 0 Å². The van der Waals surface area contributed by atoms with Crippen LogP contribution < -0.4 is 10.2 Å². The number of amides is 2. The van der Waals surface area contributed by atoms with Gasteiger partial charge in [0.2, 0.25) is 5.91 Å². The molecule has 0 bridgehead atoms. The Bertz CT molecular complexity index is 870. The zero-order valence-electron chi connectivity index (χ0n) is 13.6. The summed E-state index contributed by atoms with van der Waals surface area (Å²) in [6.07, 6.45) is 1.40. The van der Waals surface area contributed by atoms with Gasteiger partial charge >= 0.3 is 0 Å². The molecule has 1 N–H and O–H groups in total. The van der Waals surface area contributed by atoms with Crippen LogP contribution in [0, 0.1) is 11.3 Å². The SMILES string of the molecule is CCN(C(C)=O)c1nc(/C=C(\C#N)C(=O)Nc2ccccc2Br)cs1. The van der Waals surface area contributed by atoms with E-state index in [1.165, 1.54) is 29.2 Å². The molecule has 0 unspecified atom stereocenters. The summed E-state index contributed by atoms with van der Waals surface area (Å²) in [5.74, 6) is -0.637. The van der Waals surface area contributed by atoms with E-state index in [1.807, 2.05) is 19.1 Å². The molecule has 1 aromatic heterocycles. The molecule has 0 aliphatic heterocycles. The number of para-hydroxylation sites is 1. The molecule has 0 radical (unpaired) electrons. The zero-order chi connectivity index (χ0) is 18.4. The van der Waals surface area contributed by atoms with Crippen molar-refractivity contribution in [1.82, 2.24) is 4.98 Å². The number of hydrogen-bond acceptors (Lipinski definition) is 5. The van der Waals surface area contributed by atoms with Crippen LogP contribution in [-0.4, -0.2) is 23.3 Å². The van der Waals surface area contributed by atoms with Crippen molar-refractivity contribution in [2.45, 2.75) is 13.8 Å². The summed E-state index contributed by atoms with van der Waals surface area (Å²) in [6, 6.07) is 9.01. The van der Waals surface area contributed by atoms with Gasteiger partial charge in [-0.2, -0.15) is 5.26 Å². The van der Waals surface area contributed by atoms with Crippen molar-refractivity contribution in [3.63, 3.8) is 0 Å². The molecule has 0 saturated carbocycles. The van der Waals surface area contributed by atoms with E-state index >= 15 is 0 Å². The number of thiazole rings is 1. The summed E-state index contributed by atoms with van der Waals surface area (Å²) >= 11 is 4.62. The van der Waals surface area contributed by atoms with Crippen LogP contribution in [0.25, 0.3) is 6.08 Å². The van der Waals surface area contributed by atoms with Crippen molar-refractivity contribution in [1.29, 1.82) is 5.26 Å². The monoisotopic (exact) mass is 418 g/mol. The molecule has 0 atom stereocenters. The molecule has 6 nitrogen and oxygen atoms in total. The van der Waals surface area contributed by atoms with Gasteiger partial charge in [-0.05, 0) is 41.1 Å². The highest BCUT2D eigenvalue weighted by atomic mass is 79.9. The summed E-state index contributed by atoms with van der Waals surface area (Å²) in [5, 5.41) is 14.2. The fraction of sp³-hybridized carbons (Fsp3) is 0.176. The molecule has 25 heavy (non-hydrogen) atoms. The van der Waals surface area contributed by atoms with Gasteiger partial charge in [-0.1, -0.05) is 12.1 Å². The van der Waals surface area contributed by atoms with Crippen LogP contribution in [0.2, 0.25) is 0 Å². The van der Waals surface area contributed by atoms with Crippen LogP contribution in [-0.2, 0) is 9.59 Å². The third kappa shape index (κ3) is 4.75. The number of nitrogens with zero attached hydrogens (tertiary/aromatic N) is 3. The molecule has 2 rings (SSSR count). The molecule has 0 aliphatic rings. The van der Waals surface area contributed by atoms with Crippen molar-refractivity contribution < 1.29 is 9.59 Å². The van der Waals surface area contributed by atoms with Crippen LogP contribution in [0.1, 0.15) is 19.5 Å². The Labute approximate surface area is 157 Å². The van der Waals surface area contributed by atoms with Gasteiger partial charge in [0, 0.05) is 23.3 Å². The molecular formula is C17H15BrN4O2S. The van der Waals surface area contributed by atoms with Crippen molar-refractivity contribution >= 4 is 56.0 Å². The maximum atomic E-state index is 12.3. The first-order valence-electron chi connectivity index (χ1n) is 7.37. The maximum absolute atomic E-state index is 12.3. The van der Waals surface area contributed by atoms with E-state index in [0.717, 1.165) is 4.47 Å². The van der Waals surface area contributed by atoms with E-state index in [1.54, 1.807) is 23.6 Å². The number of benzene rings is 1. The topological polar surface area (TPSA) is 86.1 Å². The second-order valence-electron chi connectivity index (χ2n) is 4.92. The predicted molar refractivity (Wildman–Crippen MR) is 102 cm³/mol. The highest BCUT2D eigenvalue weighted by Crippen LogP contribution is 2.24. The Hall–Kier alpha value is -2.50. The normalized spacial score (nSPS) is 10.9. The minimum atomic E-state index is -0.525. The second kappa shape index (κ2) is 8.55. The number of anilines is 2. The lowest BCUT2D eigenvalue weighted by atomic mass is 10.2. The van der Waals surface area contributed by atoms with Crippen LogP contribution >= 0.6 is 27.3 Å². The van der Waals surface area contributed by atoms with Gasteiger partial charge in [0.1, 0.15) is 11.6 Å². The summed E-state index contributed by atoms with van der Waals surface area (Å²) in [5.41, 5.74) is 0.957. The van der Waals surface area contributed by atoms with E-state index in [2.05, 4.69) is 26.2 Å². The van der Waals surface area contributed by atoms with E-state index in [0.29, 0.717) is 23.1 Å². The molecule has 2 aromatic rings. The van der Waals surface area contributed by atoms with Crippen molar-refractivity contribution in [3.8, 4) is 6.07 Å². The highest BCUT2D eigenvalue weighted by molar-refractivity contribution is 9.10. The molecule has 2 amide bonds. The third-order valence-electron chi connectivity index (χ3n) is 3.22. The zero-order valence-corrected chi connectivity index (χ0v) is 16.0. The van der Waals surface area contributed by atoms with Gasteiger partial charge in [0.05, 0.1) is 11.4 Å². The Balaban J connectivity index is 2.22. The van der Waals surface area contributed by atoms with E-state index < -0.39 is 5.91 Å². The van der Waals surface area contributed by atoms with E-state index in [4.69, 9.17) is 0 Å². The molecule has 8 heteroatoms. The predicted octanol–water partition coefficient (Wildman–Crippen LogP) is 3.82. The molecular weight excluding hydrogens is 404 g/mol. The average Bonchev–Trinajstić information content (AvgIpc) is 3.03. The first-order chi connectivity index (χ1) is 12.0. The fourth-order valence-electron chi connectivity index (χ4n) is 2.01. The minimum Gasteiger partial charge on any atom is -0.320 e. The van der Waals surface area contributed by atoms with Crippen molar-refractivity contribution in [2.75, 3.05) is 16.8 Å². The van der Waals surface area contributed by atoms with Crippen LogP contribution in [0.3, 0.4) is 0 Å². The third-order valence-corrected chi connectivity index (χ3v) is 4.79. The highest BCUT2D eigenvalue weighted by Gasteiger charge is 2.15. The maximum Gasteiger partial charge on any atom is 0.266 e. The summed E-state index contributed by atoms with van der Waals surface area (Å²) in [7, 11) is 0. The number of aromatic nitrogens is 1. The first kappa shape index (κ1) is 18.8. The second-order valence-corrected chi connectivity index (χ2v) is 6.61. The molecule has 1 heterocycles. The number of carbonyl (C=O) groups is 2. The number of halogens is 1. The summed E-state index contributed by atoms with van der Waals surface area (Å²) in [4.78, 5) is 29.7. The smallest absolute Gasteiger partial charge is 0.266 e. The number of nitriles is 1. The van der Waals surface area contributed by atoms with Crippen molar-refractivity contribution in [3.05, 3.63) is 45.4 Å². The van der Waals surface area contributed by atoms with E-state index in [9.17, 15) is 14.9 Å². The largest absolute Gasteiger partial charge is 0.320 e. The van der Waals surface area contributed by atoms with Gasteiger partial charge in [-0.3, -0.25) is 14.5 Å². The van der Waals surface area contributed by atoms with Crippen LogP contribution in [0.4, 0.5) is 10.8 Å². The Morgan fingerprint density at radius 1 is 1.44 bits per heavy atom. The van der Waals surface area contributed by atoms with Crippen LogP contribution in [0.5, 0.6) is 0 Å². The average molecular weight is 419 g/mol. The van der Waals surface area contributed by atoms with Gasteiger partial charge < -0.3 is 5.32 Å². The van der Waals surface area contributed by atoms with E-state index in [-0.39, 0.29) is 11.5 Å². The Kier molecular flexibility index (Phi) is 6.44. The first-order valence-corrected chi connectivity index (χ1v) is 9.04. The van der Waals surface area contributed by atoms with Gasteiger partial charge in [0.25, 0.3) is 5.91 Å². The Morgan fingerprint density at radius 2 is 2.16 bits per heavy atom. The van der Waals surface area contributed by atoms with Gasteiger partial charge in [0.15, 0.2) is 5.13 Å².